The predicted molar refractivity (Wildman–Crippen MR) is 117 cm³/mol. The normalized spacial score (nSPS) is 14.5. The minimum absolute atomic E-state index is 0. The molecule has 28 heavy (non-hydrogen) atoms. The number of ether oxygens (including phenoxy) is 1. The first kappa shape index (κ1) is 20.5. The summed E-state index contributed by atoms with van der Waals surface area (Å²) in [6, 6.07) is 11.9. The van der Waals surface area contributed by atoms with E-state index in [0.717, 1.165) is 37.0 Å². The van der Waals surface area contributed by atoms with Crippen LogP contribution in [-0.4, -0.2) is 24.8 Å². The van der Waals surface area contributed by atoms with Crippen LogP contribution in [0.25, 0.3) is 15.7 Å². The van der Waals surface area contributed by atoms with Crippen LogP contribution < -0.4 is 10.1 Å². The molecule has 0 atom stereocenters. The van der Waals surface area contributed by atoms with Gasteiger partial charge in [0.05, 0.1) is 18.7 Å². The van der Waals surface area contributed by atoms with E-state index in [0.29, 0.717) is 28.9 Å². The monoisotopic (exact) mass is 415 g/mol. The minimum Gasteiger partial charge on any atom is -0.495 e. The molecule has 4 rings (SSSR count). The van der Waals surface area contributed by atoms with E-state index in [9.17, 15) is 0 Å². The summed E-state index contributed by atoms with van der Waals surface area (Å²) in [6.07, 6.45) is 4.57. The SMILES string of the molecule is Cl.[C-]#[N+]c1ccc2c(C3CCNCC3)cn(Cc3ccc(OC)c(Cl)c3)c2c1. The average molecular weight is 416 g/mol. The van der Waals surface area contributed by atoms with Crippen molar-refractivity contribution >= 4 is 40.6 Å². The summed E-state index contributed by atoms with van der Waals surface area (Å²) in [4.78, 5) is 3.62. The van der Waals surface area contributed by atoms with Crippen molar-refractivity contribution in [2.75, 3.05) is 20.2 Å². The first-order valence-corrected chi connectivity index (χ1v) is 9.61. The van der Waals surface area contributed by atoms with Crippen LogP contribution in [0.2, 0.25) is 5.02 Å². The van der Waals surface area contributed by atoms with Crippen LogP contribution in [0.4, 0.5) is 5.69 Å². The van der Waals surface area contributed by atoms with E-state index >= 15 is 0 Å². The number of piperidine rings is 1. The summed E-state index contributed by atoms with van der Waals surface area (Å²) in [7, 11) is 1.62. The van der Waals surface area contributed by atoms with Gasteiger partial charge in [0.25, 0.3) is 0 Å². The highest BCUT2D eigenvalue weighted by Gasteiger charge is 2.20. The van der Waals surface area contributed by atoms with Gasteiger partial charge >= 0.3 is 0 Å². The van der Waals surface area contributed by atoms with E-state index in [1.807, 2.05) is 30.3 Å². The molecule has 0 unspecified atom stereocenters. The number of benzene rings is 2. The highest BCUT2D eigenvalue weighted by molar-refractivity contribution is 6.32. The average Bonchev–Trinajstić information content (AvgIpc) is 3.06. The van der Waals surface area contributed by atoms with Gasteiger partial charge in [0.1, 0.15) is 5.75 Å². The molecule has 1 aromatic heterocycles. The molecule has 1 aliphatic heterocycles. The van der Waals surface area contributed by atoms with Crippen LogP contribution in [0.15, 0.2) is 42.6 Å². The summed E-state index contributed by atoms with van der Waals surface area (Å²) in [5.41, 5.74) is 4.29. The molecule has 2 aromatic carbocycles. The summed E-state index contributed by atoms with van der Waals surface area (Å²) in [5.74, 6) is 1.25. The zero-order valence-electron chi connectivity index (χ0n) is 15.7. The number of fused-ring (bicyclic) bond motifs is 1. The molecule has 0 radical (unpaired) electrons. The highest BCUT2D eigenvalue weighted by Crippen LogP contribution is 2.35. The molecule has 0 spiro atoms. The third-order valence-corrected chi connectivity index (χ3v) is 5.67. The van der Waals surface area contributed by atoms with Crippen LogP contribution in [0.5, 0.6) is 5.75 Å². The van der Waals surface area contributed by atoms with Gasteiger partial charge in [0.2, 0.25) is 0 Å². The molecule has 1 N–H and O–H groups in total. The zero-order chi connectivity index (χ0) is 18.8. The fourth-order valence-electron chi connectivity index (χ4n) is 3.97. The first-order valence-electron chi connectivity index (χ1n) is 9.23. The molecule has 0 saturated carbocycles. The van der Waals surface area contributed by atoms with E-state index in [1.54, 1.807) is 7.11 Å². The Balaban J connectivity index is 0.00000225. The molecule has 3 aromatic rings. The quantitative estimate of drug-likeness (QED) is 0.546. The second-order valence-electron chi connectivity index (χ2n) is 7.02. The summed E-state index contributed by atoms with van der Waals surface area (Å²) in [6.45, 7) is 10.2. The van der Waals surface area contributed by atoms with Gasteiger partial charge in [-0.1, -0.05) is 29.8 Å². The third kappa shape index (κ3) is 3.98. The summed E-state index contributed by atoms with van der Waals surface area (Å²) < 4.78 is 7.51. The number of methoxy groups -OCH3 is 1. The number of hydrogen-bond acceptors (Lipinski definition) is 2. The van der Waals surface area contributed by atoms with Crippen molar-refractivity contribution in [3.63, 3.8) is 0 Å². The molecule has 1 fully saturated rings. The number of aromatic nitrogens is 1. The number of nitrogens with zero attached hydrogens (tertiary/aromatic N) is 2. The van der Waals surface area contributed by atoms with Crippen molar-refractivity contribution < 1.29 is 4.74 Å². The van der Waals surface area contributed by atoms with Gasteiger partial charge in [-0.05, 0) is 61.2 Å². The fraction of sp³-hybridized carbons (Fsp3) is 0.318. The Morgan fingerprint density at radius 3 is 2.68 bits per heavy atom. The second-order valence-corrected chi connectivity index (χ2v) is 7.43. The summed E-state index contributed by atoms with van der Waals surface area (Å²) >= 11 is 6.31. The van der Waals surface area contributed by atoms with E-state index in [1.165, 1.54) is 10.9 Å². The molecule has 0 aliphatic carbocycles. The van der Waals surface area contributed by atoms with Crippen LogP contribution in [0.1, 0.15) is 29.9 Å². The van der Waals surface area contributed by atoms with Gasteiger partial charge < -0.3 is 14.6 Å². The second kappa shape index (κ2) is 8.87. The molecule has 4 nitrogen and oxygen atoms in total. The molecular weight excluding hydrogens is 393 g/mol. The third-order valence-electron chi connectivity index (χ3n) is 5.37. The van der Waals surface area contributed by atoms with Crippen molar-refractivity contribution in [2.24, 2.45) is 0 Å². The van der Waals surface area contributed by atoms with Gasteiger partial charge in [0.15, 0.2) is 5.69 Å². The van der Waals surface area contributed by atoms with E-state index in [4.69, 9.17) is 22.9 Å². The molecular formula is C22H23Cl2N3O. The van der Waals surface area contributed by atoms with Gasteiger partial charge in [-0.2, -0.15) is 0 Å². The van der Waals surface area contributed by atoms with Crippen molar-refractivity contribution in [3.8, 4) is 5.75 Å². The zero-order valence-corrected chi connectivity index (χ0v) is 17.3. The number of halogens is 2. The van der Waals surface area contributed by atoms with Gasteiger partial charge in [0, 0.05) is 23.6 Å². The maximum atomic E-state index is 7.36. The molecule has 146 valence electrons. The largest absolute Gasteiger partial charge is 0.495 e. The van der Waals surface area contributed by atoms with Crippen LogP contribution in [0, 0.1) is 6.57 Å². The number of nitrogens with one attached hydrogen (secondary N) is 1. The summed E-state index contributed by atoms with van der Waals surface area (Å²) in [5, 5.41) is 5.32. The van der Waals surface area contributed by atoms with Crippen molar-refractivity contribution in [3.05, 3.63) is 70.2 Å². The minimum atomic E-state index is 0. The Hall–Kier alpha value is -2.19. The Morgan fingerprint density at radius 2 is 2.00 bits per heavy atom. The van der Waals surface area contributed by atoms with Crippen molar-refractivity contribution in [2.45, 2.75) is 25.3 Å². The van der Waals surface area contributed by atoms with Gasteiger partial charge in [-0.3, -0.25) is 0 Å². The van der Waals surface area contributed by atoms with E-state index in [2.05, 4.69) is 27.0 Å². The van der Waals surface area contributed by atoms with Crippen LogP contribution >= 0.6 is 24.0 Å². The molecule has 1 saturated heterocycles. The molecule has 2 heterocycles. The highest BCUT2D eigenvalue weighted by atomic mass is 35.5. The number of rotatable bonds is 4. The number of hydrogen-bond donors (Lipinski definition) is 1. The molecule has 6 heteroatoms. The Morgan fingerprint density at radius 1 is 1.21 bits per heavy atom. The Labute approximate surface area is 176 Å². The molecule has 0 bridgehead atoms. The maximum Gasteiger partial charge on any atom is 0.189 e. The lowest BCUT2D eigenvalue weighted by Crippen LogP contribution is -2.26. The maximum absolute atomic E-state index is 7.36. The standard InChI is InChI=1S/C22H22ClN3O.ClH/c1-24-17-4-5-18-19(16-7-9-25-10-8-16)14-26(21(18)12-17)13-15-3-6-22(27-2)20(23)11-15;/h3-6,11-12,14,16,25H,7-10,13H2,2H3;1H. The molecule has 0 amide bonds. The molecule has 1 aliphatic rings. The lowest BCUT2D eigenvalue weighted by molar-refractivity contribution is 0.415. The van der Waals surface area contributed by atoms with Crippen molar-refractivity contribution in [1.82, 2.24) is 9.88 Å². The lowest BCUT2D eigenvalue weighted by atomic mass is 9.90. The van der Waals surface area contributed by atoms with Gasteiger partial charge in [-0.15, -0.1) is 12.4 Å². The predicted octanol–water partition coefficient (Wildman–Crippen LogP) is 5.79. The van der Waals surface area contributed by atoms with E-state index in [-0.39, 0.29) is 12.4 Å². The van der Waals surface area contributed by atoms with Crippen LogP contribution in [0.3, 0.4) is 0 Å². The smallest absolute Gasteiger partial charge is 0.189 e. The van der Waals surface area contributed by atoms with Gasteiger partial charge in [-0.25, -0.2) is 4.85 Å². The van der Waals surface area contributed by atoms with Crippen molar-refractivity contribution in [1.29, 1.82) is 0 Å². The first-order chi connectivity index (χ1) is 13.2. The van der Waals surface area contributed by atoms with E-state index < -0.39 is 0 Å². The fourth-order valence-corrected chi connectivity index (χ4v) is 4.25. The lowest BCUT2D eigenvalue weighted by Gasteiger charge is -2.22. The topological polar surface area (TPSA) is 30.6 Å². The Bertz CT molecular complexity index is 1020. The Kier molecular flexibility index (Phi) is 6.51. The van der Waals surface area contributed by atoms with Crippen LogP contribution in [-0.2, 0) is 6.54 Å².